The van der Waals surface area contributed by atoms with Crippen molar-refractivity contribution in [3.63, 3.8) is 0 Å². The minimum absolute atomic E-state index is 0.174. The topological polar surface area (TPSA) is 32.3 Å². The van der Waals surface area contributed by atoms with Gasteiger partial charge in [0.25, 0.3) is 0 Å². The Morgan fingerprint density at radius 2 is 1.76 bits per heavy atom. The summed E-state index contributed by atoms with van der Waals surface area (Å²) in [7, 11) is 0. The molecule has 0 unspecified atom stereocenters. The lowest BCUT2D eigenvalue weighted by atomic mass is 9.72. The average Bonchev–Trinajstić information content (AvgIpc) is 2.48. The van der Waals surface area contributed by atoms with Gasteiger partial charge in [0.2, 0.25) is 0 Å². The largest absolute Gasteiger partial charge is 0.396 e. The van der Waals surface area contributed by atoms with E-state index < -0.39 is 0 Å². The van der Waals surface area contributed by atoms with Crippen LogP contribution in [0.3, 0.4) is 0 Å². The number of hydrogen-bond acceptors (Lipinski definition) is 2. The van der Waals surface area contributed by atoms with E-state index in [1.807, 2.05) is 0 Å². The first-order valence-corrected chi connectivity index (χ1v) is 8.62. The van der Waals surface area contributed by atoms with Crippen molar-refractivity contribution in [1.82, 2.24) is 5.32 Å². The van der Waals surface area contributed by atoms with Crippen LogP contribution >= 0.6 is 0 Å². The summed E-state index contributed by atoms with van der Waals surface area (Å²) in [6.45, 7) is 3.51. The first kappa shape index (κ1) is 15.1. The van der Waals surface area contributed by atoms with Crippen molar-refractivity contribution in [2.45, 2.75) is 63.8 Å². The quantitative estimate of drug-likeness (QED) is 0.864. The lowest BCUT2D eigenvalue weighted by molar-refractivity contribution is 0.0732. The summed E-state index contributed by atoms with van der Waals surface area (Å²) >= 11 is 0. The molecular formula is C19H29NO. The Bertz CT molecular complexity index is 441. The van der Waals surface area contributed by atoms with Crippen LogP contribution in [0.5, 0.6) is 0 Å². The van der Waals surface area contributed by atoms with Crippen molar-refractivity contribution in [1.29, 1.82) is 0 Å². The second kappa shape index (κ2) is 6.50. The first-order chi connectivity index (χ1) is 10.2. The Morgan fingerprint density at radius 1 is 1.10 bits per heavy atom. The van der Waals surface area contributed by atoms with Gasteiger partial charge < -0.3 is 10.4 Å². The highest BCUT2D eigenvalue weighted by Crippen LogP contribution is 2.39. The Balaban J connectivity index is 1.45. The third kappa shape index (κ3) is 3.49. The highest BCUT2D eigenvalue weighted by molar-refractivity contribution is 5.26. The monoisotopic (exact) mass is 287 g/mol. The Hall–Kier alpha value is -0.860. The van der Waals surface area contributed by atoms with E-state index in [0.29, 0.717) is 12.6 Å². The second-order valence-electron chi connectivity index (χ2n) is 7.38. The van der Waals surface area contributed by atoms with Gasteiger partial charge in [0, 0.05) is 24.6 Å². The fraction of sp³-hybridized carbons (Fsp3) is 0.684. The van der Waals surface area contributed by atoms with Crippen molar-refractivity contribution >= 4 is 0 Å². The number of hydrogen-bond donors (Lipinski definition) is 2. The Kier molecular flexibility index (Phi) is 4.66. The van der Waals surface area contributed by atoms with E-state index in [1.165, 1.54) is 56.1 Å². The van der Waals surface area contributed by atoms with Gasteiger partial charge in [0.15, 0.2) is 0 Å². The van der Waals surface area contributed by atoms with E-state index in [-0.39, 0.29) is 5.41 Å². The summed E-state index contributed by atoms with van der Waals surface area (Å²) < 4.78 is 0. The molecule has 2 heteroatoms. The SMILES string of the molecule is Cc1ccc(C2CC(NCC3(CO)CCCCC3)C2)cc1. The zero-order valence-electron chi connectivity index (χ0n) is 13.3. The Morgan fingerprint density at radius 3 is 2.38 bits per heavy atom. The molecule has 3 rings (SSSR count). The minimum atomic E-state index is 0.174. The molecule has 0 bridgehead atoms. The van der Waals surface area contributed by atoms with E-state index in [9.17, 15) is 5.11 Å². The molecule has 0 spiro atoms. The summed E-state index contributed by atoms with van der Waals surface area (Å²) in [5.74, 6) is 0.736. The molecule has 21 heavy (non-hydrogen) atoms. The van der Waals surface area contributed by atoms with E-state index in [1.54, 1.807) is 0 Å². The van der Waals surface area contributed by atoms with Gasteiger partial charge in [0.1, 0.15) is 0 Å². The van der Waals surface area contributed by atoms with Crippen molar-refractivity contribution in [2.24, 2.45) is 5.41 Å². The summed E-state index contributed by atoms with van der Waals surface area (Å²) in [5, 5.41) is 13.5. The van der Waals surface area contributed by atoms with Crippen LogP contribution in [0, 0.1) is 12.3 Å². The number of nitrogens with one attached hydrogen (secondary N) is 1. The summed E-state index contributed by atoms with van der Waals surface area (Å²) in [4.78, 5) is 0. The van der Waals surface area contributed by atoms with Crippen LogP contribution in [-0.4, -0.2) is 24.3 Å². The van der Waals surface area contributed by atoms with Gasteiger partial charge in [-0.05, 0) is 44.1 Å². The van der Waals surface area contributed by atoms with Gasteiger partial charge in [-0.25, -0.2) is 0 Å². The van der Waals surface area contributed by atoms with Crippen LogP contribution in [0.25, 0.3) is 0 Å². The standard InChI is InChI=1S/C19H29NO/c1-15-5-7-16(8-6-15)17-11-18(12-17)20-13-19(14-21)9-3-2-4-10-19/h5-8,17-18,20-21H,2-4,9-14H2,1H3. The molecule has 0 heterocycles. The molecule has 0 aromatic heterocycles. The fourth-order valence-corrected chi connectivity index (χ4v) is 3.95. The van der Waals surface area contributed by atoms with Crippen LogP contribution in [0.15, 0.2) is 24.3 Å². The van der Waals surface area contributed by atoms with Crippen LogP contribution in [0.2, 0.25) is 0 Å². The predicted molar refractivity (Wildman–Crippen MR) is 87.5 cm³/mol. The number of aryl methyl sites for hydroxylation is 1. The molecule has 116 valence electrons. The molecule has 2 saturated carbocycles. The molecular weight excluding hydrogens is 258 g/mol. The second-order valence-corrected chi connectivity index (χ2v) is 7.38. The maximum absolute atomic E-state index is 9.76. The molecule has 0 radical (unpaired) electrons. The number of aliphatic hydroxyl groups excluding tert-OH is 1. The number of rotatable bonds is 5. The molecule has 2 fully saturated rings. The molecule has 0 atom stereocenters. The van der Waals surface area contributed by atoms with Gasteiger partial charge in [0.05, 0.1) is 0 Å². The van der Waals surface area contributed by atoms with Gasteiger partial charge in [-0.3, -0.25) is 0 Å². The van der Waals surface area contributed by atoms with Gasteiger partial charge in [-0.1, -0.05) is 49.1 Å². The zero-order chi connectivity index (χ0) is 14.7. The number of benzene rings is 1. The highest BCUT2D eigenvalue weighted by atomic mass is 16.3. The van der Waals surface area contributed by atoms with E-state index in [2.05, 4.69) is 36.5 Å². The third-order valence-corrected chi connectivity index (χ3v) is 5.70. The fourth-order valence-electron chi connectivity index (χ4n) is 3.95. The molecule has 0 saturated heterocycles. The first-order valence-electron chi connectivity index (χ1n) is 8.62. The molecule has 0 aliphatic heterocycles. The molecule has 1 aromatic carbocycles. The van der Waals surface area contributed by atoms with Crippen LogP contribution in [-0.2, 0) is 0 Å². The highest BCUT2D eigenvalue weighted by Gasteiger charge is 2.35. The van der Waals surface area contributed by atoms with E-state index in [4.69, 9.17) is 0 Å². The van der Waals surface area contributed by atoms with Crippen LogP contribution in [0.1, 0.15) is 62.0 Å². The maximum atomic E-state index is 9.76. The molecule has 2 N–H and O–H groups in total. The van der Waals surface area contributed by atoms with Gasteiger partial charge in [-0.15, -0.1) is 0 Å². The van der Waals surface area contributed by atoms with E-state index >= 15 is 0 Å². The Labute approximate surface area is 129 Å². The smallest absolute Gasteiger partial charge is 0.0499 e. The summed E-state index contributed by atoms with van der Waals surface area (Å²) in [6.07, 6.45) is 8.84. The lowest BCUT2D eigenvalue weighted by Crippen LogP contribution is -2.47. The van der Waals surface area contributed by atoms with Crippen molar-refractivity contribution in [3.05, 3.63) is 35.4 Å². The molecule has 2 aliphatic carbocycles. The predicted octanol–water partition coefficient (Wildman–Crippen LogP) is 3.77. The number of aliphatic hydroxyl groups is 1. The minimum Gasteiger partial charge on any atom is -0.396 e. The summed E-state index contributed by atoms with van der Waals surface area (Å²) in [5.41, 5.74) is 3.01. The lowest BCUT2D eigenvalue weighted by Gasteiger charge is -2.41. The van der Waals surface area contributed by atoms with Crippen LogP contribution in [0.4, 0.5) is 0 Å². The molecule has 0 amide bonds. The normalized spacial score (nSPS) is 28.1. The maximum Gasteiger partial charge on any atom is 0.0499 e. The van der Waals surface area contributed by atoms with Gasteiger partial charge in [-0.2, -0.15) is 0 Å². The summed E-state index contributed by atoms with van der Waals surface area (Å²) in [6, 6.07) is 9.67. The third-order valence-electron chi connectivity index (χ3n) is 5.70. The van der Waals surface area contributed by atoms with Crippen molar-refractivity contribution < 1.29 is 5.11 Å². The molecule has 1 aromatic rings. The van der Waals surface area contributed by atoms with Crippen molar-refractivity contribution in [2.75, 3.05) is 13.2 Å². The molecule has 2 aliphatic rings. The van der Waals surface area contributed by atoms with E-state index in [0.717, 1.165) is 12.5 Å². The zero-order valence-corrected chi connectivity index (χ0v) is 13.3. The van der Waals surface area contributed by atoms with Crippen LogP contribution < -0.4 is 5.32 Å². The van der Waals surface area contributed by atoms with Gasteiger partial charge >= 0.3 is 0 Å². The average molecular weight is 287 g/mol. The van der Waals surface area contributed by atoms with Crippen molar-refractivity contribution in [3.8, 4) is 0 Å². The molecule has 2 nitrogen and oxygen atoms in total.